The normalized spacial score (nSPS) is 14.5. The first-order chi connectivity index (χ1) is 19.0. The van der Waals surface area contributed by atoms with Crippen molar-refractivity contribution < 1.29 is 9.53 Å². The number of benzene rings is 3. The monoisotopic (exact) mass is 560 g/mol. The molecule has 1 saturated heterocycles. The molecule has 5 rings (SSSR count). The van der Waals surface area contributed by atoms with Crippen molar-refractivity contribution in [2.75, 3.05) is 44.7 Å². The van der Waals surface area contributed by atoms with Crippen molar-refractivity contribution >= 4 is 34.5 Å². The van der Waals surface area contributed by atoms with Gasteiger partial charge in [0.25, 0.3) is 5.91 Å². The van der Waals surface area contributed by atoms with Gasteiger partial charge >= 0.3 is 0 Å². The highest BCUT2D eigenvalue weighted by Crippen LogP contribution is 2.30. The SMILES string of the molecule is CC(c1nccs1)N(C)Cc1cc(-c2ccccc2)ccc1OCC(=O)N1CCN(c2cccc(Cl)c2)CC1. The second-order valence-electron chi connectivity index (χ2n) is 9.79. The molecule has 0 N–H and O–H groups in total. The molecule has 1 aliphatic rings. The van der Waals surface area contributed by atoms with E-state index in [2.05, 4.69) is 59.1 Å². The first-order valence-electron chi connectivity index (χ1n) is 13.2. The first kappa shape index (κ1) is 27.2. The van der Waals surface area contributed by atoms with Crippen molar-refractivity contribution in [1.82, 2.24) is 14.8 Å². The Kier molecular flexibility index (Phi) is 8.81. The number of piperazine rings is 1. The topological polar surface area (TPSA) is 48.9 Å². The molecule has 1 fully saturated rings. The fraction of sp³-hybridized carbons (Fsp3) is 0.290. The van der Waals surface area contributed by atoms with Gasteiger partial charge in [0.05, 0.1) is 6.04 Å². The highest BCUT2D eigenvalue weighted by Gasteiger charge is 2.23. The number of nitrogens with zero attached hydrogens (tertiary/aromatic N) is 4. The Labute approximate surface area is 239 Å². The van der Waals surface area contributed by atoms with Crippen LogP contribution in [-0.2, 0) is 11.3 Å². The number of carbonyl (C=O) groups is 1. The number of amides is 1. The Morgan fingerprint density at radius 3 is 2.54 bits per heavy atom. The number of aromatic nitrogens is 1. The zero-order valence-electron chi connectivity index (χ0n) is 22.3. The third-order valence-electron chi connectivity index (χ3n) is 7.21. The van der Waals surface area contributed by atoms with Crippen LogP contribution in [0, 0.1) is 0 Å². The number of hydrogen-bond donors (Lipinski definition) is 0. The number of hydrogen-bond acceptors (Lipinski definition) is 6. The van der Waals surface area contributed by atoms with Crippen molar-refractivity contribution in [3.05, 3.63) is 100.0 Å². The fourth-order valence-corrected chi connectivity index (χ4v) is 5.75. The van der Waals surface area contributed by atoms with Crippen LogP contribution >= 0.6 is 22.9 Å². The lowest BCUT2D eigenvalue weighted by Crippen LogP contribution is -2.50. The first-order valence-corrected chi connectivity index (χ1v) is 14.4. The van der Waals surface area contributed by atoms with Gasteiger partial charge in [-0.15, -0.1) is 11.3 Å². The second kappa shape index (κ2) is 12.6. The van der Waals surface area contributed by atoms with E-state index in [4.69, 9.17) is 16.3 Å². The maximum Gasteiger partial charge on any atom is 0.260 e. The molecule has 1 amide bonds. The highest BCUT2D eigenvalue weighted by molar-refractivity contribution is 7.09. The lowest BCUT2D eigenvalue weighted by Gasteiger charge is -2.36. The second-order valence-corrected chi connectivity index (χ2v) is 11.1. The van der Waals surface area contributed by atoms with Crippen LogP contribution in [0.1, 0.15) is 23.5 Å². The average molecular weight is 561 g/mol. The molecule has 0 saturated carbocycles. The molecule has 8 heteroatoms. The minimum absolute atomic E-state index is 0.00309. The van der Waals surface area contributed by atoms with Crippen molar-refractivity contribution in [2.24, 2.45) is 0 Å². The summed E-state index contributed by atoms with van der Waals surface area (Å²) >= 11 is 7.82. The van der Waals surface area contributed by atoms with Gasteiger partial charge in [0, 0.05) is 60.6 Å². The predicted octanol–water partition coefficient (Wildman–Crippen LogP) is 6.38. The van der Waals surface area contributed by atoms with Gasteiger partial charge in [-0.2, -0.15) is 0 Å². The Bertz CT molecular complexity index is 1370. The van der Waals surface area contributed by atoms with E-state index < -0.39 is 0 Å². The molecule has 3 aromatic carbocycles. The van der Waals surface area contributed by atoms with Crippen LogP contribution in [0.2, 0.25) is 5.02 Å². The van der Waals surface area contributed by atoms with Gasteiger partial charge in [-0.25, -0.2) is 4.98 Å². The standard InChI is InChI=1S/C31H33ClN4O2S/c1-23(31-33-13-18-39-31)34(2)21-26-19-25(24-7-4-3-5-8-24)11-12-29(26)38-22-30(37)36-16-14-35(15-17-36)28-10-6-9-27(32)20-28/h3-13,18-20,23H,14-17,21-22H2,1-2H3. The molecule has 4 aromatic rings. The average Bonchev–Trinajstić information content (AvgIpc) is 3.51. The van der Waals surface area contributed by atoms with Crippen molar-refractivity contribution in [2.45, 2.75) is 19.5 Å². The Morgan fingerprint density at radius 2 is 1.82 bits per heavy atom. The van der Waals surface area contributed by atoms with Gasteiger partial charge in [0.1, 0.15) is 10.8 Å². The Balaban J connectivity index is 1.26. The summed E-state index contributed by atoms with van der Waals surface area (Å²) < 4.78 is 6.18. The van der Waals surface area contributed by atoms with E-state index in [1.54, 1.807) is 11.3 Å². The summed E-state index contributed by atoms with van der Waals surface area (Å²) in [5.41, 5.74) is 4.40. The van der Waals surface area contributed by atoms with Gasteiger partial charge in [-0.05, 0) is 55.4 Å². The number of anilines is 1. The van der Waals surface area contributed by atoms with E-state index >= 15 is 0 Å². The van der Waals surface area contributed by atoms with E-state index in [1.165, 1.54) is 0 Å². The van der Waals surface area contributed by atoms with Gasteiger partial charge in [-0.1, -0.05) is 54.1 Å². The minimum atomic E-state index is 0.00309. The van der Waals surface area contributed by atoms with E-state index in [-0.39, 0.29) is 18.6 Å². The molecule has 0 bridgehead atoms. The zero-order valence-corrected chi connectivity index (χ0v) is 23.9. The molecule has 0 radical (unpaired) electrons. The molecule has 1 atom stereocenters. The molecule has 39 heavy (non-hydrogen) atoms. The van der Waals surface area contributed by atoms with Crippen LogP contribution in [0.15, 0.2) is 84.4 Å². The summed E-state index contributed by atoms with van der Waals surface area (Å²) in [5.74, 6) is 0.738. The summed E-state index contributed by atoms with van der Waals surface area (Å²) in [4.78, 5) is 24.0. The molecular weight excluding hydrogens is 528 g/mol. The van der Waals surface area contributed by atoms with Crippen LogP contribution < -0.4 is 9.64 Å². The fourth-order valence-electron chi connectivity index (χ4n) is 4.81. The molecule has 1 aliphatic heterocycles. The summed E-state index contributed by atoms with van der Waals surface area (Å²) in [6.45, 7) is 5.69. The largest absolute Gasteiger partial charge is 0.483 e. The molecule has 6 nitrogen and oxygen atoms in total. The maximum atomic E-state index is 13.1. The summed E-state index contributed by atoms with van der Waals surface area (Å²) in [7, 11) is 2.09. The van der Waals surface area contributed by atoms with E-state index in [0.29, 0.717) is 19.6 Å². The third-order valence-corrected chi connectivity index (χ3v) is 8.40. The van der Waals surface area contributed by atoms with Crippen LogP contribution in [0.5, 0.6) is 5.75 Å². The lowest BCUT2D eigenvalue weighted by molar-refractivity contribution is -0.133. The predicted molar refractivity (Wildman–Crippen MR) is 160 cm³/mol. The Morgan fingerprint density at radius 1 is 1.03 bits per heavy atom. The van der Waals surface area contributed by atoms with Crippen molar-refractivity contribution in [3.63, 3.8) is 0 Å². The van der Waals surface area contributed by atoms with Crippen LogP contribution in [-0.4, -0.2) is 60.5 Å². The summed E-state index contributed by atoms with van der Waals surface area (Å²) in [6.07, 6.45) is 1.84. The molecule has 2 heterocycles. The smallest absolute Gasteiger partial charge is 0.260 e. The van der Waals surface area contributed by atoms with Crippen molar-refractivity contribution in [1.29, 1.82) is 0 Å². The van der Waals surface area contributed by atoms with Crippen LogP contribution in [0.3, 0.4) is 0 Å². The van der Waals surface area contributed by atoms with Crippen LogP contribution in [0.25, 0.3) is 11.1 Å². The number of halogens is 1. The molecule has 0 spiro atoms. The van der Waals surface area contributed by atoms with Gasteiger partial charge in [-0.3, -0.25) is 9.69 Å². The van der Waals surface area contributed by atoms with Gasteiger partial charge in [0.2, 0.25) is 0 Å². The highest BCUT2D eigenvalue weighted by atomic mass is 35.5. The molecule has 1 unspecified atom stereocenters. The number of rotatable bonds is 9. The molecule has 1 aromatic heterocycles. The summed E-state index contributed by atoms with van der Waals surface area (Å²) in [6, 6.07) is 24.6. The number of carbonyl (C=O) groups excluding carboxylic acids is 1. The van der Waals surface area contributed by atoms with Crippen LogP contribution in [0.4, 0.5) is 5.69 Å². The minimum Gasteiger partial charge on any atom is -0.483 e. The number of thiazole rings is 1. The molecule has 0 aliphatic carbocycles. The maximum absolute atomic E-state index is 13.1. The molecule has 202 valence electrons. The Hall–Kier alpha value is -3.39. The van der Waals surface area contributed by atoms with E-state index in [9.17, 15) is 4.79 Å². The lowest BCUT2D eigenvalue weighted by atomic mass is 10.0. The van der Waals surface area contributed by atoms with Crippen molar-refractivity contribution in [3.8, 4) is 16.9 Å². The molecular formula is C31H33ClN4O2S. The number of ether oxygens (including phenoxy) is 1. The quantitative estimate of drug-likeness (QED) is 0.238. The van der Waals surface area contributed by atoms with Gasteiger partial charge in [0.15, 0.2) is 6.61 Å². The van der Waals surface area contributed by atoms with Gasteiger partial charge < -0.3 is 14.5 Å². The van der Waals surface area contributed by atoms with E-state index in [0.717, 1.165) is 51.2 Å². The van der Waals surface area contributed by atoms with E-state index in [1.807, 2.05) is 58.9 Å². The third kappa shape index (κ3) is 6.79. The zero-order chi connectivity index (χ0) is 27.2. The summed E-state index contributed by atoms with van der Waals surface area (Å²) in [5, 5.41) is 3.80.